The lowest BCUT2D eigenvalue weighted by molar-refractivity contribution is -0.167. The summed E-state index contributed by atoms with van der Waals surface area (Å²) < 4.78 is 5.43. The fourth-order valence-electron chi connectivity index (χ4n) is 10.7. The second kappa shape index (κ2) is 18.3. The zero-order chi connectivity index (χ0) is 33.2. The largest absolute Gasteiger partial charge is 0.463 e. The van der Waals surface area contributed by atoms with Crippen LogP contribution < -0.4 is 32.3 Å². The molecular weight excluding hydrogens is 576 g/mol. The van der Waals surface area contributed by atoms with Crippen LogP contribution in [0.25, 0.3) is 0 Å². The highest BCUT2D eigenvalue weighted by Gasteiger charge is 2.62. The van der Waals surface area contributed by atoms with E-state index in [2.05, 4.69) is 47.4 Å². The van der Waals surface area contributed by atoms with Gasteiger partial charge < -0.3 is 42.2 Å². The number of hydrogen-bond donors (Lipinski definition) is 7. The van der Waals surface area contributed by atoms with Crippen molar-refractivity contribution in [1.29, 1.82) is 0 Å². The lowest BCUT2D eigenvalue weighted by Crippen LogP contribution is -2.59. The lowest BCUT2D eigenvalue weighted by atomic mass is 9.43. The summed E-state index contributed by atoms with van der Waals surface area (Å²) in [6.07, 6.45) is 11.0. The Hall–Kier alpha value is -0.810. The molecule has 0 amide bonds. The average molecular weight is 649 g/mol. The molecule has 0 aromatic rings. The molecule has 5 unspecified atom stereocenters. The van der Waals surface area contributed by atoms with Crippen LogP contribution in [0, 0.1) is 46.3 Å². The highest BCUT2D eigenvalue weighted by molar-refractivity contribution is 5.69. The van der Waals surface area contributed by atoms with Crippen LogP contribution in [0.1, 0.15) is 98.8 Å². The summed E-state index contributed by atoms with van der Waals surface area (Å²) in [6.45, 7) is 20.9. The van der Waals surface area contributed by atoms with Gasteiger partial charge in [0.1, 0.15) is 0 Å². The van der Waals surface area contributed by atoms with Gasteiger partial charge in [0.15, 0.2) is 0 Å². The second-order valence-electron chi connectivity index (χ2n) is 16.3. The number of nitrogens with two attached hydrogens (primary N) is 1. The van der Waals surface area contributed by atoms with E-state index in [0.29, 0.717) is 59.9 Å². The minimum absolute atomic E-state index is 0.0382. The first-order valence-electron chi connectivity index (χ1n) is 19.2. The first-order valence-corrected chi connectivity index (χ1v) is 19.2. The average Bonchev–Trinajstić information content (AvgIpc) is 3.37. The van der Waals surface area contributed by atoms with Gasteiger partial charge in [0.05, 0.1) is 12.2 Å². The molecule has 0 spiro atoms. The van der Waals surface area contributed by atoms with Crippen molar-refractivity contribution in [1.82, 2.24) is 26.6 Å². The molecule has 0 aromatic carbocycles. The van der Waals surface area contributed by atoms with E-state index in [4.69, 9.17) is 10.5 Å². The minimum atomic E-state index is -0.168. The second-order valence-corrected chi connectivity index (χ2v) is 16.3. The molecule has 268 valence electrons. The third kappa shape index (κ3) is 9.66. The molecule has 9 heteroatoms. The van der Waals surface area contributed by atoms with Crippen molar-refractivity contribution in [3.8, 4) is 0 Å². The molecule has 4 aliphatic rings. The Bertz CT molecular complexity index is 908. The third-order valence-corrected chi connectivity index (χ3v) is 13.1. The van der Waals surface area contributed by atoms with E-state index in [-0.39, 0.29) is 23.6 Å². The fraction of sp³-hybridized carbons (Fsp3) is 0.973. The Kier molecular flexibility index (Phi) is 15.1. The summed E-state index contributed by atoms with van der Waals surface area (Å²) in [7, 11) is 0. The van der Waals surface area contributed by atoms with Crippen molar-refractivity contribution in [3.05, 3.63) is 0 Å². The molecule has 0 bridgehead atoms. The van der Waals surface area contributed by atoms with Crippen molar-refractivity contribution >= 4 is 5.97 Å². The Balaban J connectivity index is 1.16. The van der Waals surface area contributed by atoms with Crippen LogP contribution in [-0.4, -0.2) is 94.8 Å². The normalized spacial score (nSPS) is 36.2. The smallest absolute Gasteiger partial charge is 0.306 e. The molecule has 4 saturated carbocycles. The van der Waals surface area contributed by atoms with Gasteiger partial charge in [0.2, 0.25) is 0 Å². The maximum atomic E-state index is 12.3. The van der Waals surface area contributed by atoms with Crippen molar-refractivity contribution in [2.45, 2.75) is 117 Å². The Labute approximate surface area is 281 Å². The zero-order valence-corrected chi connectivity index (χ0v) is 30.2. The van der Waals surface area contributed by atoms with Gasteiger partial charge >= 0.3 is 5.97 Å². The topological polar surface area (TPSA) is 133 Å². The van der Waals surface area contributed by atoms with Crippen LogP contribution in [-0.2, 0) is 9.53 Å². The zero-order valence-electron chi connectivity index (χ0n) is 30.2. The first kappa shape index (κ1) is 38.0. The summed E-state index contributed by atoms with van der Waals surface area (Å²) in [5, 5.41) is 29.5. The van der Waals surface area contributed by atoms with Gasteiger partial charge in [-0.25, -0.2) is 0 Å². The van der Waals surface area contributed by atoms with E-state index in [1.165, 1.54) is 44.9 Å². The summed E-state index contributed by atoms with van der Waals surface area (Å²) in [5.74, 6) is 3.43. The van der Waals surface area contributed by atoms with E-state index in [1.54, 1.807) is 0 Å². The maximum Gasteiger partial charge on any atom is 0.306 e. The number of ether oxygens (including phenoxy) is 1. The Morgan fingerprint density at radius 2 is 1.39 bits per heavy atom. The van der Waals surface area contributed by atoms with Gasteiger partial charge in [0.25, 0.3) is 0 Å². The molecule has 4 rings (SSSR count). The molecule has 0 aromatic heterocycles. The van der Waals surface area contributed by atoms with Crippen molar-refractivity contribution in [2.24, 2.45) is 52.1 Å². The Morgan fingerprint density at radius 1 is 0.804 bits per heavy atom. The van der Waals surface area contributed by atoms with Crippen LogP contribution in [0.15, 0.2) is 0 Å². The maximum absolute atomic E-state index is 12.3. The molecule has 0 saturated heterocycles. The molecule has 4 fully saturated rings. The van der Waals surface area contributed by atoms with Crippen molar-refractivity contribution in [3.63, 3.8) is 0 Å². The quantitative estimate of drug-likeness (QED) is 0.0785. The summed E-state index contributed by atoms with van der Waals surface area (Å²) in [5.41, 5.74) is 6.12. The third-order valence-electron chi connectivity index (χ3n) is 13.1. The summed E-state index contributed by atoms with van der Waals surface area (Å²) >= 11 is 0. The number of aliphatic hydroxyl groups is 1. The molecular formula is C37H72N6O3. The molecule has 0 heterocycles. The van der Waals surface area contributed by atoms with E-state index in [1.807, 2.05) is 13.8 Å². The first-order chi connectivity index (χ1) is 22.1. The Morgan fingerprint density at radius 3 is 2.02 bits per heavy atom. The molecule has 8 N–H and O–H groups in total. The highest BCUT2D eigenvalue weighted by atomic mass is 16.5. The van der Waals surface area contributed by atoms with E-state index in [9.17, 15) is 9.90 Å². The molecule has 0 aliphatic heterocycles. The standard InChI is InChI=1S/C37H72N6O3/c1-26(2)46-34(45)9-6-27(3)30-7-8-31-35-32(11-13-37(30,31)5)36(4)12-10-29(24-28(36)25-33(35)44)43-23-22-42-21-20-41-19-18-40-17-16-39-15-14-38/h26-33,35,39-44H,6-25,38H2,1-5H3/t27-,28?,29+,30?,31?,32?,33+,35?,36+,37-/m1/s1. The van der Waals surface area contributed by atoms with Crippen LogP contribution in [0.5, 0.6) is 0 Å². The van der Waals surface area contributed by atoms with Gasteiger partial charge in [-0.1, -0.05) is 20.8 Å². The number of carbonyl (C=O) groups excluding carboxylic acids is 1. The molecule has 9 nitrogen and oxygen atoms in total. The predicted molar refractivity (Wildman–Crippen MR) is 189 cm³/mol. The molecule has 10 atom stereocenters. The highest BCUT2D eigenvalue weighted by Crippen LogP contribution is 2.68. The SMILES string of the molecule is CC(C)OC(=O)CC[C@@H](C)C1CCC2C3C(CC[C@@]21C)[C@@]1(C)CC[C@H](NCCNCCNCCNCCNCCN)CC1C[C@@H]3O. The number of fused-ring (bicyclic) bond motifs is 5. The van der Waals surface area contributed by atoms with Crippen LogP contribution in [0.3, 0.4) is 0 Å². The van der Waals surface area contributed by atoms with Gasteiger partial charge in [-0.2, -0.15) is 0 Å². The van der Waals surface area contributed by atoms with E-state index in [0.717, 1.165) is 71.7 Å². The summed E-state index contributed by atoms with van der Waals surface area (Å²) in [6, 6.07) is 0.570. The summed E-state index contributed by atoms with van der Waals surface area (Å²) in [4.78, 5) is 12.3. The fourth-order valence-corrected chi connectivity index (χ4v) is 10.7. The number of aliphatic hydroxyl groups excluding tert-OH is 1. The number of nitrogens with one attached hydrogen (secondary N) is 5. The minimum Gasteiger partial charge on any atom is -0.463 e. The molecule has 0 radical (unpaired) electrons. The van der Waals surface area contributed by atoms with Gasteiger partial charge in [-0.3, -0.25) is 4.79 Å². The number of hydrogen-bond acceptors (Lipinski definition) is 9. The monoisotopic (exact) mass is 649 g/mol. The predicted octanol–water partition coefficient (Wildman–Crippen LogP) is 3.26. The molecule has 46 heavy (non-hydrogen) atoms. The van der Waals surface area contributed by atoms with Gasteiger partial charge in [-0.15, -0.1) is 0 Å². The van der Waals surface area contributed by atoms with E-state index >= 15 is 0 Å². The van der Waals surface area contributed by atoms with E-state index < -0.39 is 0 Å². The van der Waals surface area contributed by atoms with Crippen LogP contribution >= 0.6 is 0 Å². The van der Waals surface area contributed by atoms with Crippen LogP contribution in [0.2, 0.25) is 0 Å². The molecule has 4 aliphatic carbocycles. The van der Waals surface area contributed by atoms with Gasteiger partial charge in [-0.05, 0) is 118 Å². The lowest BCUT2D eigenvalue weighted by Gasteiger charge is -2.62. The number of esters is 1. The van der Waals surface area contributed by atoms with Crippen LogP contribution in [0.4, 0.5) is 0 Å². The van der Waals surface area contributed by atoms with Gasteiger partial charge in [0, 0.05) is 77.9 Å². The number of carbonyl (C=O) groups is 1. The number of rotatable bonds is 20. The van der Waals surface area contributed by atoms with Crippen molar-refractivity contribution in [2.75, 3.05) is 65.4 Å². The van der Waals surface area contributed by atoms with Crippen molar-refractivity contribution < 1.29 is 14.6 Å².